The molecule has 1 rings (SSSR count). The minimum Gasteiger partial charge on any atom is -0.370 e. The molecule has 102 valence electrons. The van der Waals surface area contributed by atoms with Gasteiger partial charge >= 0.3 is 0 Å². The van der Waals surface area contributed by atoms with E-state index in [2.05, 4.69) is 16.3 Å². The van der Waals surface area contributed by atoms with Gasteiger partial charge in [-0.2, -0.15) is 5.26 Å². The zero-order valence-corrected chi connectivity index (χ0v) is 11.6. The van der Waals surface area contributed by atoms with E-state index in [1.807, 2.05) is 44.2 Å². The first-order chi connectivity index (χ1) is 9.13. The van der Waals surface area contributed by atoms with E-state index in [4.69, 9.17) is 5.26 Å². The number of nitrogens with one attached hydrogen (secondary N) is 1. The minimum atomic E-state index is 0.0490. The number of anilines is 1. The van der Waals surface area contributed by atoms with Crippen molar-refractivity contribution in [1.82, 2.24) is 5.32 Å². The quantitative estimate of drug-likeness (QED) is 0.817. The van der Waals surface area contributed by atoms with Gasteiger partial charge in [-0.25, -0.2) is 0 Å². The van der Waals surface area contributed by atoms with Crippen molar-refractivity contribution in [2.24, 2.45) is 0 Å². The zero-order chi connectivity index (χ0) is 14.1. The third-order valence-electron chi connectivity index (χ3n) is 2.67. The first-order valence-electron chi connectivity index (χ1n) is 6.59. The molecular formula is C15H21N3O. The molecule has 1 aromatic carbocycles. The standard InChI is InChI=1S/C15H21N3O/c1-13(2)17-15(19)9-12-18(11-6-10-16)14-7-4-3-5-8-14/h3-5,7-8,13H,6,9,11-12H2,1-2H3,(H,17,19). The number of hydrogen-bond donors (Lipinski definition) is 1. The second-order valence-corrected chi connectivity index (χ2v) is 4.70. The number of hydrogen-bond acceptors (Lipinski definition) is 3. The van der Waals surface area contributed by atoms with Crippen molar-refractivity contribution in [3.05, 3.63) is 30.3 Å². The molecule has 0 unspecified atom stereocenters. The molecular weight excluding hydrogens is 238 g/mol. The highest BCUT2D eigenvalue weighted by Gasteiger charge is 2.09. The first-order valence-corrected chi connectivity index (χ1v) is 6.59. The van der Waals surface area contributed by atoms with E-state index >= 15 is 0 Å². The number of benzene rings is 1. The summed E-state index contributed by atoms with van der Waals surface area (Å²) in [5.74, 6) is 0.0490. The molecule has 4 nitrogen and oxygen atoms in total. The van der Waals surface area contributed by atoms with Crippen LogP contribution >= 0.6 is 0 Å². The number of para-hydroxylation sites is 1. The molecule has 4 heteroatoms. The van der Waals surface area contributed by atoms with Crippen LogP contribution in [0.5, 0.6) is 0 Å². The Morgan fingerprint density at radius 3 is 2.58 bits per heavy atom. The predicted octanol–water partition coefficient (Wildman–Crippen LogP) is 2.32. The molecule has 0 heterocycles. The van der Waals surface area contributed by atoms with Gasteiger partial charge in [0.2, 0.25) is 5.91 Å². The Morgan fingerprint density at radius 1 is 1.32 bits per heavy atom. The maximum Gasteiger partial charge on any atom is 0.221 e. The summed E-state index contributed by atoms with van der Waals surface area (Å²) in [5, 5.41) is 11.6. The minimum absolute atomic E-state index is 0.0490. The van der Waals surface area contributed by atoms with Crippen LogP contribution in [0.25, 0.3) is 0 Å². The molecule has 19 heavy (non-hydrogen) atoms. The molecule has 0 fully saturated rings. The molecule has 1 amide bonds. The Labute approximate surface area is 115 Å². The van der Waals surface area contributed by atoms with Gasteiger partial charge in [0.15, 0.2) is 0 Å². The second kappa shape index (κ2) is 8.15. The van der Waals surface area contributed by atoms with Crippen LogP contribution in [0.1, 0.15) is 26.7 Å². The fourth-order valence-corrected chi connectivity index (χ4v) is 1.82. The van der Waals surface area contributed by atoms with Crippen LogP contribution in [-0.4, -0.2) is 25.0 Å². The lowest BCUT2D eigenvalue weighted by Crippen LogP contribution is -2.34. The van der Waals surface area contributed by atoms with Gasteiger partial charge in [-0.1, -0.05) is 18.2 Å². The second-order valence-electron chi connectivity index (χ2n) is 4.70. The average Bonchev–Trinajstić information content (AvgIpc) is 2.39. The molecule has 0 bridgehead atoms. The van der Waals surface area contributed by atoms with Gasteiger partial charge in [-0.05, 0) is 26.0 Å². The summed E-state index contributed by atoms with van der Waals surface area (Å²) in [7, 11) is 0. The van der Waals surface area contributed by atoms with E-state index < -0.39 is 0 Å². The third kappa shape index (κ3) is 5.91. The summed E-state index contributed by atoms with van der Waals surface area (Å²) in [6.07, 6.45) is 0.902. The van der Waals surface area contributed by atoms with E-state index in [1.54, 1.807) is 0 Å². The molecule has 1 N–H and O–H groups in total. The Morgan fingerprint density at radius 2 is 2.00 bits per heavy atom. The topological polar surface area (TPSA) is 56.1 Å². The van der Waals surface area contributed by atoms with Crippen molar-refractivity contribution in [1.29, 1.82) is 5.26 Å². The summed E-state index contributed by atoms with van der Waals surface area (Å²) in [6, 6.07) is 12.2. The molecule has 0 saturated heterocycles. The van der Waals surface area contributed by atoms with Gasteiger partial charge in [0.25, 0.3) is 0 Å². The van der Waals surface area contributed by atoms with E-state index in [0.717, 1.165) is 5.69 Å². The van der Waals surface area contributed by atoms with E-state index in [-0.39, 0.29) is 11.9 Å². The molecule has 0 aliphatic heterocycles. The highest BCUT2D eigenvalue weighted by Crippen LogP contribution is 2.13. The van der Waals surface area contributed by atoms with E-state index in [9.17, 15) is 4.79 Å². The molecule has 0 saturated carbocycles. The normalized spacial score (nSPS) is 10.0. The molecule has 0 atom stereocenters. The van der Waals surface area contributed by atoms with Crippen LogP contribution in [0.15, 0.2) is 30.3 Å². The maximum absolute atomic E-state index is 11.7. The summed E-state index contributed by atoms with van der Waals surface area (Å²) in [5.41, 5.74) is 1.05. The summed E-state index contributed by atoms with van der Waals surface area (Å²) in [4.78, 5) is 13.7. The molecule has 1 aromatic rings. The van der Waals surface area contributed by atoms with Crippen LogP contribution in [0.2, 0.25) is 0 Å². The summed E-state index contributed by atoms with van der Waals surface area (Å²) in [6.45, 7) is 5.17. The largest absolute Gasteiger partial charge is 0.370 e. The molecule has 0 aliphatic carbocycles. The average molecular weight is 259 g/mol. The first kappa shape index (κ1) is 15.0. The van der Waals surface area contributed by atoms with Crippen LogP contribution in [0.3, 0.4) is 0 Å². The van der Waals surface area contributed by atoms with Crippen molar-refractivity contribution in [2.45, 2.75) is 32.7 Å². The van der Waals surface area contributed by atoms with E-state index in [0.29, 0.717) is 25.9 Å². The third-order valence-corrected chi connectivity index (χ3v) is 2.67. The monoisotopic (exact) mass is 259 g/mol. The number of nitrogens with zero attached hydrogens (tertiary/aromatic N) is 2. The van der Waals surface area contributed by atoms with Crippen LogP contribution in [0, 0.1) is 11.3 Å². The van der Waals surface area contributed by atoms with Gasteiger partial charge in [-0.3, -0.25) is 4.79 Å². The van der Waals surface area contributed by atoms with Crippen molar-refractivity contribution in [2.75, 3.05) is 18.0 Å². The Bertz CT molecular complexity index is 423. The van der Waals surface area contributed by atoms with Crippen molar-refractivity contribution in [3.63, 3.8) is 0 Å². The van der Waals surface area contributed by atoms with Gasteiger partial charge < -0.3 is 10.2 Å². The lowest BCUT2D eigenvalue weighted by Gasteiger charge is -2.23. The molecule has 0 aliphatic rings. The lowest BCUT2D eigenvalue weighted by molar-refractivity contribution is -0.121. The number of carbonyl (C=O) groups excluding carboxylic acids is 1. The maximum atomic E-state index is 11.7. The highest BCUT2D eigenvalue weighted by atomic mass is 16.1. The van der Waals surface area contributed by atoms with E-state index in [1.165, 1.54) is 0 Å². The van der Waals surface area contributed by atoms with Gasteiger partial charge in [0.1, 0.15) is 0 Å². The van der Waals surface area contributed by atoms with Gasteiger partial charge in [0.05, 0.1) is 12.5 Å². The number of rotatable bonds is 7. The van der Waals surface area contributed by atoms with Gasteiger partial charge in [0, 0.05) is 31.2 Å². The Hall–Kier alpha value is -2.02. The van der Waals surface area contributed by atoms with Crippen LogP contribution < -0.4 is 10.2 Å². The zero-order valence-electron chi connectivity index (χ0n) is 11.6. The van der Waals surface area contributed by atoms with Crippen molar-refractivity contribution < 1.29 is 4.79 Å². The van der Waals surface area contributed by atoms with Crippen molar-refractivity contribution >= 4 is 11.6 Å². The predicted molar refractivity (Wildman–Crippen MR) is 76.8 cm³/mol. The molecule has 0 spiro atoms. The summed E-state index contributed by atoms with van der Waals surface area (Å²) >= 11 is 0. The number of amides is 1. The molecule has 0 aromatic heterocycles. The fourth-order valence-electron chi connectivity index (χ4n) is 1.82. The smallest absolute Gasteiger partial charge is 0.221 e. The van der Waals surface area contributed by atoms with Crippen molar-refractivity contribution in [3.8, 4) is 6.07 Å². The molecule has 0 radical (unpaired) electrons. The Balaban J connectivity index is 2.56. The number of nitriles is 1. The number of carbonyl (C=O) groups is 1. The highest BCUT2D eigenvalue weighted by molar-refractivity contribution is 5.76. The van der Waals surface area contributed by atoms with Gasteiger partial charge in [-0.15, -0.1) is 0 Å². The SMILES string of the molecule is CC(C)NC(=O)CCN(CCC#N)c1ccccc1. The van der Waals surface area contributed by atoms with Crippen LogP contribution in [-0.2, 0) is 4.79 Å². The fraction of sp³-hybridized carbons (Fsp3) is 0.467. The lowest BCUT2D eigenvalue weighted by atomic mass is 10.2. The summed E-state index contributed by atoms with van der Waals surface area (Å²) < 4.78 is 0. The van der Waals surface area contributed by atoms with Crippen LogP contribution in [0.4, 0.5) is 5.69 Å². The Kier molecular flexibility index (Phi) is 6.45.